The van der Waals surface area contributed by atoms with Crippen LogP contribution in [0.15, 0.2) is 65.6 Å². The fraction of sp³-hybridized carbons (Fsp3) is 0.222. The lowest BCUT2D eigenvalue weighted by Crippen LogP contribution is -2.29. The zero-order chi connectivity index (χ0) is 15.4. The van der Waals surface area contributed by atoms with Gasteiger partial charge in [-0.25, -0.2) is 4.68 Å². The van der Waals surface area contributed by atoms with E-state index in [1.807, 2.05) is 42.5 Å². The van der Waals surface area contributed by atoms with Gasteiger partial charge in [-0.3, -0.25) is 4.79 Å². The van der Waals surface area contributed by atoms with Crippen LogP contribution < -0.4 is 5.56 Å². The Labute approximate surface area is 141 Å². The Morgan fingerprint density at radius 1 is 1.04 bits per heavy atom. The van der Waals surface area contributed by atoms with Crippen molar-refractivity contribution in [2.45, 2.75) is 13.1 Å². The Bertz CT molecular complexity index is 817. The van der Waals surface area contributed by atoms with Gasteiger partial charge in [-0.1, -0.05) is 48.5 Å². The van der Waals surface area contributed by atoms with Crippen molar-refractivity contribution in [2.24, 2.45) is 0 Å². The molecule has 3 aromatic rings. The van der Waals surface area contributed by atoms with E-state index in [0.717, 1.165) is 23.9 Å². The average molecular weight is 330 g/mol. The maximum Gasteiger partial charge on any atom is 0.274 e. The Morgan fingerprint density at radius 3 is 2.52 bits per heavy atom. The first kappa shape index (κ1) is 17.2. The van der Waals surface area contributed by atoms with Gasteiger partial charge in [-0.2, -0.15) is 5.10 Å². The largest absolute Gasteiger partial charge is 0.300 e. The second kappa shape index (κ2) is 7.90. The predicted octanol–water partition coefficient (Wildman–Crippen LogP) is 2.95. The lowest BCUT2D eigenvalue weighted by Gasteiger charge is -2.17. The molecule has 0 bridgehead atoms. The SMILES string of the molecule is CN(CCn1ncc2ccccc2c1=O)Cc1ccccc1.Cl. The van der Waals surface area contributed by atoms with Crippen LogP contribution in [0.3, 0.4) is 0 Å². The first-order valence-corrected chi connectivity index (χ1v) is 7.41. The zero-order valence-electron chi connectivity index (χ0n) is 13.1. The number of benzene rings is 2. The summed E-state index contributed by atoms with van der Waals surface area (Å²) >= 11 is 0. The number of hydrogen-bond donors (Lipinski definition) is 0. The van der Waals surface area contributed by atoms with E-state index in [9.17, 15) is 4.79 Å². The lowest BCUT2D eigenvalue weighted by atomic mass is 10.2. The summed E-state index contributed by atoms with van der Waals surface area (Å²) in [6.45, 7) is 2.23. The monoisotopic (exact) mass is 329 g/mol. The van der Waals surface area contributed by atoms with Gasteiger partial charge in [-0.05, 0) is 18.7 Å². The van der Waals surface area contributed by atoms with Gasteiger partial charge in [0.1, 0.15) is 0 Å². The molecule has 3 rings (SSSR count). The van der Waals surface area contributed by atoms with Crippen LogP contribution in [-0.2, 0) is 13.1 Å². The Hall–Kier alpha value is -2.17. The third-order valence-electron chi connectivity index (χ3n) is 3.75. The molecule has 0 radical (unpaired) electrons. The summed E-state index contributed by atoms with van der Waals surface area (Å²) in [5, 5.41) is 5.88. The molecular formula is C18H20ClN3O. The molecular weight excluding hydrogens is 310 g/mol. The van der Waals surface area contributed by atoms with Crippen LogP contribution >= 0.6 is 12.4 Å². The molecule has 0 aliphatic heterocycles. The Morgan fingerprint density at radius 2 is 1.74 bits per heavy atom. The van der Waals surface area contributed by atoms with Crippen LogP contribution in [0, 0.1) is 0 Å². The Kier molecular flexibility index (Phi) is 5.90. The molecule has 0 N–H and O–H groups in total. The van der Waals surface area contributed by atoms with Crippen LogP contribution in [-0.4, -0.2) is 28.3 Å². The maximum atomic E-state index is 12.4. The van der Waals surface area contributed by atoms with Gasteiger partial charge in [0.2, 0.25) is 0 Å². The van der Waals surface area contributed by atoms with Crippen molar-refractivity contribution >= 4 is 23.2 Å². The van der Waals surface area contributed by atoms with Gasteiger partial charge in [0.15, 0.2) is 0 Å². The second-order valence-electron chi connectivity index (χ2n) is 5.48. The molecule has 0 spiro atoms. The van der Waals surface area contributed by atoms with Crippen LogP contribution in [0.1, 0.15) is 5.56 Å². The molecule has 0 saturated heterocycles. The fourth-order valence-electron chi connectivity index (χ4n) is 2.53. The van der Waals surface area contributed by atoms with Crippen molar-refractivity contribution in [3.05, 3.63) is 76.7 Å². The van der Waals surface area contributed by atoms with Crippen LogP contribution in [0.5, 0.6) is 0 Å². The summed E-state index contributed by atoms with van der Waals surface area (Å²) in [5.41, 5.74) is 1.25. The molecule has 0 unspecified atom stereocenters. The summed E-state index contributed by atoms with van der Waals surface area (Å²) < 4.78 is 1.55. The van der Waals surface area contributed by atoms with E-state index in [4.69, 9.17) is 0 Å². The third kappa shape index (κ3) is 4.18. The molecule has 0 aliphatic carbocycles. The molecule has 2 aromatic carbocycles. The summed E-state index contributed by atoms with van der Waals surface area (Å²) in [4.78, 5) is 14.6. The minimum absolute atomic E-state index is 0. The smallest absolute Gasteiger partial charge is 0.274 e. The highest BCUT2D eigenvalue weighted by Crippen LogP contribution is 2.06. The van der Waals surface area contributed by atoms with Gasteiger partial charge in [-0.15, -0.1) is 12.4 Å². The van der Waals surface area contributed by atoms with Gasteiger partial charge < -0.3 is 4.90 Å². The minimum Gasteiger partial charge on any atom is -0.300 e. The van der Waals surface area contributed by atoms with E-state index >= 15 is 0 Å². The van der Waals surface area contributed by atoms with Crippen molar-refractivity contribution in [3.8, 4) is 0 Å². The maximum absolute atomic E-state index is 12.4. The molecule has 23 heavy (non-hydrogen) atoms. The highest BCUT2D eigenvalue weighted by Gasteiger charge is 2.05. The fourth-order valence-corrected chi connectivity index (χ4v) is 2.53. The van der Waals surface area contributed by atoms with Crippen LogP contribution in [0.4, 0.5) is 0 Å². The quantitative estimate of drug-likeness (QED) is 0.722. The predicted molar refractivity (Wildman–Crippen MR) is 96.0 cm³/mol. The van der Waals surface area contributed by atoms with Crippen molar-refractivity contribution in [1.29, 1.82) is 0 Å². The highest BCUT2D eigenvalue weighted by molar-refractivity contribution is 5.85. The number of nitrogens with zero attached hydrogens (tertiary/aromatic N) is 3. The standard InChI is InChI=1S/C18H19N3O.ClH/c1-20(14-15-7-3-2-4-8-15)11-12-21-18(22)17-10-6-5-9-16(17)13-19-21;/h2-10,13H,11-12,14H2,1H3;1H. The molecule has 120 valence electrons. The van der Waals surface area contributed by atoms with E-state index in [2.05, 4.69) is 29.2 Å². The van der Waals surface area contributed by atoms with E-state index < -0.39 is 0 Å². The van der Waals surface area contributed by atoms with E-state index in [1.54, 1.807) is 10.9 Å². The van der Waals surface area contributed by atoms with Crippen molar-refractivity contribution in [2.75, 3.05) is 13.6 Å². The van der Waals surface area contributed by atoms with Crippen LogP contribution in [0.25, 0.3) is 10.8 Å². The number of fused-ring (bicyclic) bond motifs is 1. The van der Waals surface area contributed by atoms with Gasteiger partial charge in [0.05, 0.1) is 18.1 Å². The second-order valence-corrected chi connectivity index (χ2v) is 5.48. The topological polar surface area (TPSA) is 38.1 Å². The molecule has 5 heteroatoms. The van der Waals surface area contributed by atoms with E-state index in [-0.39, 0.29) is 18.0 Å². The molecule has 4 nitrogen and oxygen atoms in total. The Balaban J connectivity index is 0.00000192. The molecule has 0 amide bonds. The average Bonchev–Trinajstić information content (AvgIpc) is 2.55. The lowest BCUT2D eigenvalue weighted by molar-refractivity contribution is 0.302. The van der Waals surface area contributed by atoms with Crippen LogP contribution in [0.2, 0.25) is 0 Å². The first-order chi connectivity index (χ1) is 10.7. The molecule has 1 aromatic heterocycles. The number of likely N-dealkylation sites (N-methyl/N-ethyl adjacent to an activating group) is 1. The summed E-state index contributed by atoms with van der Waals surface area (Å²) in [7, 11) is 2.05. The summed E-state index contributed by atoms with van der Waals surface area (Å²) in [6.07, 6.45) is 1.76. The normalized spacial score (nSPS) is 10.7. The molecule has 0 saturated carbocycles. The molecule has 0 atom stereocenters. The molecule has 0 aliphatic rings. The number of rotatable bonds is 5. The van der Waals surface area contributed by atoms with E-state index in [1.165, 1.54) is 5.56 Å². The first-order valence-electron chi connectivity index (χ1n) is 7.41. The van der Waals surface area contributed by atoms with Gasteiger partial charge in [0.25, 0.3) is 5.56 Å². The number of hydrogen-bond acceptors (Lipinski definition) is 3. The van der Waals surface area contributed by atoms with Gasteiger partial charge >= 0.3 is 0 Å². The summed E-state index contributed by atoms with van der Waals surface area (Å²) in [5.74, 6) is 0. The number of aromatic nitrogens is 2. The minimum atomic E-state index is -0.0220. The van der Waals surface area contributed by atoms with Crippen molar-refractivity contribution in [3.63, 3.8) is 0 Å². The van der Waals surface area contributed by atoms with Gasteiger partial charge in [0, 0.05) is 18.5 Å². The summed E-state index contributed by atoms with van der Waals surface area (Å²) in [6, 6.07) is 17.9. The molecule has 0 fully saturated rings. The van der Waals surface area contributed by atoms with Crippen molar-refractivity contribution < 1.29 is 0 Å². The zero-order valence-corrected chi connectivity index (χ0v) is 13.9. The third-order valence-corrected chi connectivity index (χ3v) is 3.75. The van der Waals surface area contributed by atoms with Crippen molar-refractivity contribution in [1.82, 2.24) is 14.7 Å². The number of halogens is 1. The highest BCUT2D eigenvalue weighted by atomic mass is 35.5. The molecule has 1 heterocycles. The van der Waals surface area contributed by atoms with E-state index in [0.29, 0.717) is 6.54 Å².